The number of carbonyl (C=O) groups excluding carboxylic acids is 1. The van der Waals surface area contributed by atoms with Crippen molar-refractivity contribution in [2.24, 2.45) is 0 Å². The molecule has 0 saturated heterocycles. The van der Waals surface area contributed by atoms with Crippen LogP contribution in [0.5, 0.6) is 0 Å². The van der Waals surface area contributed by atoms with Crippen molar-refractivity contribution in [1.82, 2.24) is 14.9 Å². The van der Waals surface area contributed by atoms with E-state index in [9.17, 15) is 4.79 Å². The first-order valence-electron chi connectivity index (χ1n) is 7.19. The fourth-order valence-corrected chi connectivity index (χ4v) is 3.49. The quantitative estimate of drug-likeness (QED) is 0.864. The number of aromatic nitrogens is 2. The Morgan fingerprint density at radius 1 is 1.38 bits per heavy atom. The molecular weight excluding hydrogens is 282 g/mol. The fourth-order valence-electron chi connectivity index (χ4n) is 2.59. The number of carbonyl (C=O) groups is 1. The molecule has 1 aliphatic carbocycles. The molecule has 1 N–H and O–H groups in total. The highest BCUT2D eigenvalue weighted by atomic mass is 32.2. The first-order valence-corrected chi connectivity index (χ1v) is 8.18. The van der Waals surface area contributed by atoms with Crippen molar-refractivity contribution in [1.29, 1.82) is 0 Å². The standard InChI is InChI=1S/C16H19N3OS/c1-19(10-15-17-7-8-18-15)16(20)11-21-14-6-5-12-3-2-4-13(12)9-14/h5-9H,2-4,10-11H2,1H3,(H,17,18). The monoisotopic (exact) mass is 301 g/mol. The molecule has 1 aromatic carbocycles. The number of benzene rings is 1. The number of nitrogens with zero attached hydrogens (tertiary/aromatic N) is 2. The van der Waals surface area contributed by atoms with Gasteiger partial charge in [-0.05, 0) is 42.5 Å². The van der Waals surface area contributed by atoms with Crippen LogP contribution in [0.1, 0.15) is 23.4 Å². The SMILES string of the molecule is CN(Cc1ncc[nH]1)C(=O)CSc1ccc2c(c1)CCC2. The first kappa shape index (κ1) is 14.2. The number of fused-ring (bicyclic) bond motifs is 1. The third kappa shape index (κ3) is 3.47. The Morgan fingerprint density at radius 2 is 2.24 bits per heavy atom. The smallest absolute Gasteiger partial charge is 0.233 e. The summed E-state index contributed by atoms with van der Waals surface area (Å²) in [6.07, 6.45) is 7.11. The highest BCUT2D eigenvalue weighted by molar-refractivity contribution is 8.00. The van der Waals surface area contributed by atoms with E-state index in [1.54, 1.807) is 29.1 Å². The zero-order valence-electron chi connectivity index (χ0n) is 12.1. The van der Waals surface area contributed by atoms with Crippen LogP contribution in [-0.4, -0.2) is 33.6 Å². The maximum absolute atomic E-state index is 12.1. The molecule has 0 fully saturated rings. The molecule has 110 valence electrons. The molecule has 2 aromatic rings. The minimum absolute atomic E-state index is 0.122. The normalized spacial score (nSPS) is 13.2. The molecule has 4 nitrogen and oxygen atoms in total. The first-order chi connectivity index (χ1) is 10.2. The second-order valence-electron chi connectivity index (χ2n) is 5.36. The molecule has 0 bridgehead atoms. The van der Waals surface area contributed by atoms with Crippen LogP contribution in [0.4, 0.5) is 0 Å². The van der Waals surface area contributed by atoms with Gasteiger partial charge in [0, 0.05) is 24.3 Å². The van der Waals surface area contributed by atoms with Crippen LogP contribution in [0.15, 0.2) is 35.5 Å². The van der Waals surface area contributed by atoms with Gasteiger partial charge in [-0.1, -0.05) is 6.07 Å². The van der Waals surface area contributed by atoms with Gasteiger partial charge >= 0.3 is 0 Å². The number of rotatable bonds is 5. The van der Waals surface area contributed by atoms with Crippen molar-refractivity contribution in [2.45, 2.75) is 30.7 Å². The Hall–Kier alpha value is -1.75. The summed E-state index contributed by atoms with van der Waals surface area (Å²) in [6, 6.07) is 6.59. The Bertz CT molecular complexity index is 624. The summed E-state index contributed by atoms with van der Waals surface area (Å²) in [5.41, 5.74) is 2.93. The molecule has 0 spiro atoms. The molecule has 0 saturated carbocycles. The van der Waals surface area contributed by atoms with Crippen molar-refractivity contribution >= 4 is 17.7 Å². The van der Waals surface area contributed by atoms with Crippen LogP contribution in [0, 0.1) is 0 Å². The predicted molar refractivity (Wildman–Crippen MR) is 84.3 cm³/mol. The van der Waals surface area contributed by atoms with E-state index < -0.39 is 0 Å². The Labute approximate surface area is 129 Å². The lowest BCUT2D eigenvalue weighted by atomic mass is 10.1. The van der Waals surface area contributed by atoms with Crippen LogP contribution in [0.3, 0.4) is 0 Å². The molecule has 1 heterocycles. The van der Waals surface area contributed by atoms with Crippen LogP contribution < -0.4 is 0 Å². The highest BCUT2D eigenvalue weighted by Gasteiger charge is 2.13. The molecule has 0 aliphatic heterocycles. The lowest BCUT2D eigenvalue weighted by molar-refractivity contribution is -0.127. The van der Waals surface area contributed by atoms with Crippen molar-refractivity contribution < 1.29 is 4.79 Å². The summed E-state index contributed by atoms with van der Waals surface area (Å²) in [6.45, 7) is 0.524. The summed E-state index contributed by atoms with van der Waals surface area (Å²) in [4.78, 5) is 22.2. The van der Waals surface area contributed by atoms with Crippen LogP contribution >= 0.6 is 11.8 Å². The Balaban J connectivity index is 1.53. The number of hydrogen-bond donors (Lipinski definition) is 1. The molecule has 1 aromatic heterocycles. The van der Waals surface area contributed by atoms with Crippen molar-refractivity contribution in [3.63, 3.8) is 0 Å². The van der Waals surface area contributed by atoms with E-state index >= 15 is 0 Å². The number of imidazole rings is 1. The van der Waals surface area contributed by atoms with E-state index in [4.69, 9.17) is 0 Å². The van der Waals surface area contributed by atoms with Gasteiger partial charge in [0.2, 0.25) is 5.91 Å². The fraction of sp³-hybridized carbons (Fsp3) is 0.375. The summed E-state index contributed by atoms with van der Waals surface area (Å²) >= 11 is 1.61. The topological polar surface area (TPSA) is 49.0 Å². The predicted octanol–water partition coefficient (Wildman–Crippen LogP) is 2.65. The van der Waals surface area contributed by atoms with Crippen molar-refractivity contribution in [2.75, 3.05) is 12.8 Å². The average molecular weight is 301 g/mol. The molecule has 0 atom stereocenters. The molecular formula is C16H19N3OS. The van der Waals surface area contributed by atoms with Gasteiger partial charge in [-0.3, -0.25) is 4.79 Å². The molecule has 21 heavy (non-hydrogen) atoms. The van der Waals surface area contributed by atoms with E-state index in [2.05, 4.69) is 28.2 Å². The molecule has 0 unspecified atom stereocenters. The van der Waals surface area contributed by atoms with Gasteiger partial charge in [0.1, 0.15) is 5.82 Å². The zero-order chi connectivity index (χ0) is 14.7. The molecule has 3 rings (SSSR count). The summed E-state index contributed by atoms with van der Waals surface area (Å²) in [5, 5.41) is 0. The van der Waals surface area contributed by atoms with Crippen molar-refractivity contribution in [3.8, 4) is 0 Å². The van der Waals surface area contributed by atoms with E-state index in [0.717, 1.165) is 5.82 Å². The second-order valence-corrected chi connectivity index (χ2v) is 6.41. The molecule has 5 heteroatoms. The van der Waals surface area contributed by atoms with Gasteiger partial charge in [0.05, 0.1) is 12.3 Å². The number of H-pyrrole nitrogens is 1. The number of amides is 1. The minimum atomic E-state index is 0.122. The third-order valence-electron chi connectivity index (χ3n) is 3.80. The Kier molecular flexibility index (Phi) is 4.29. The number of aromatic amines is 1. The zero-order valence-corrected chi connectivity index (χ0v) is 12.9. The number of thioether (sulfide) groups is 1. The molecule has 1 aliphatic rings. The van der Waals surface area contributed by atoms with Crippen LogP contribution in [-0.2, 0) is 24.2 Å². The maximum Gasteiger partial charge on any atom is 0.233 e. The van der Waals surface area contributed by atoms with Gasteiger partial charge in [0.15, 0.2) is 0 Å². The van der Waals surface area contributed by atoms with E-state index in [1.807, 2.05) is 7.05 Å². The highest BCUT2D eigenvalue weighted by Crippen LogP contribution is 2.27. The van der Waals surface area contributed by atoms with E-state index in [1.165, 1.54) is 35.3 Å². The van der Waals surface area contributed by atoms with Gasteiger partial charge in [-0.25, -0.2) is 4.98 Å². The molecule has 0 radical (unpaired) electrons. The maximum atomic E-state index is 12.1. The van der Waals surface area contributed by atoms with Gasteiger partial charge in [-0.15, -0.1) is 11.8 Å². The molecule has 1 amide bonds. The number of nitrogens with one attached hydrogen (secondary N) is 1. The summed E-state index contributed by atoms with van der Waals surface area (Å²) in [5.74, 6) is 1.40. The van der Waals surface area contributed by atoms with Crippen molar-refractivity contribution in [3.05, 3.63) is 47.5 Å². The minimum Gasteiger partial charge on any atom is -0.347 e. The van der Waals surface area contributed by atoms with Crippen LogP contribution in [0.25, 0.3) is 0 Å². The number of hydrogen-bond acceptors (Lipinski definition) is 3. The number of aryl methyl sites for hydroxylation is 2. The summed E-state index contributed by atoms with van der Waals surface area (Å²) < 4.78 is 0. The van der Waals surface area contributed by atoms with E-state index in [-0.39, 0.29) is 5.91 Å². The van der Waals surface area contributed by atoms with Crippen LogP contribution in [0.2, 0.25) is 0 Å². The largest absolute Gasteiger partial charge is 0.347 e. The Morgan fingerprint density at radius 3 is 3.05 bits per heavy atom. The lowest BCUT2D eigenvalue weighted by Crippen LogP contribution is -2.28. The van der Waals surface area contributed by atoms with Gasteiger partial charge in [0.25, 0.3) is 0 Å². The third-order valence-corrected chi connectivity index (χ3v) is 4.78. The summed E-state index contributed by atoms with van der Waals surface area (Å²) in [7, 11) is 1.81. The second kappa shape index (κ2) is 6.35. The van der Waals surface area contributed by atoms with E-state index in [0.29, 0.717) is 12.3 Å². The lowest BCUT2D eigenvalue weighted by Gasteiger charge is -2.15. The van der Waals surface area contributed by atoms with Gasteiger partial charge in [-0.2, -0.15) is 0 Å². The average Bonchev–Trinajstić information content (AvgIpc) is 3.14. The van der Waals surface area contributed by atoms with Gasteiger partial charge < -0.3 is 9.88 Å².